The minimum absolute atomic E-state index is 0.111. The summed E-state index contributed by atoms with van der Waals surface area (Å²) in [7, 11) is 0. The highest BCUT2D eigenvalue weighted by molar-refractivity contribution is 14.1. The van der Waals surface area contributed by atoms with Crippen molar-refractivity contribution in [2.24, 2.45) is 0 Å². The normalized spacial score (nSPS) is 26.2. The Kier molecular flexibility index (Phi) is 5.80. The SMILES string of the molecule is CC(=O)OC[C@H]1O[C@@H](n2cc(C)c(=O)[nH]c2=O)[C@H](I)[C@H]1OC(C)=O. The highest BCUT2D eigenvalue weighted by Crippen LogP contribution is 2.36. The van der Waals surface area contributed by atoms with Gasteiger partial charge in [-0.25, -0.2) is 4.79 Å². The van der Waals surface area contributed by atoms with Gasteiger partial charge in [-0.3, -0.25) is 23.9 Å². The quantitative estimate of drug-likeness (QED) is 0.390. The number of esters is 2. The molecule has 1 N–H and O–H groups in total. The second-order valence-electron chi connectivity index (χ2n) is 5.36. The summed E-state index contributed by atoms with van der Waals surface area (Å²) in [5, 5.41) is 0. The summed E-state index contributed by atoms with van der Waals surface area (Å²) in [6.07, 6.45) is -0.815. The maximum Gasteiger partial charge on any atom is 0.330 e. The predicted octanol–water partition coefficient (Wildman–Crippen LogP) is 0.0408. The van der Waals surface area contributed by atoms with Crippen molar-refractivity contribution in [2.75, 3.05) is 6.61 Å². The molecule has 9 nitrogen and oxygen atoms in total. The number of aryl methyl sites for hydroxylation is 1. The molecule has 0 unspecified atom stereocenters. The number of nitrogens with zero attached hydrogens (tertiary/aromatic N) is 1. The number of nitrogens with one attached hydrogen (secondary N) is 1. The van der Waals surface area contributed by atoms with E-state index in [-0.39, 0.29) is 6.61 Å². The minimum atomic E-state index is -0.779. The summed E-state index contributed by atoms with van der Waals surface area (Å²) in [5.74, 6) is -1.01. The molecular weight excluding hydrogens is 435 g/mol. The molecule has 1 aliphatic heterocycles. The Bertz CT molecular complexity index is 756. The third-order valence-corrected chi connectivity index (χ3v) is 4.76. The number of aromatic amines is 1. The number of H-pyrrole nitrogens is 1. The van der Waals surface area contributed by atoms with Gasteiger partial charge in [-0.1, -0.05) is 22.6 Å². The van der Waals surface area contributed by atoms with Gasteiger partial charge in [-0.2, -0.15) is 0 Å². The van der Waals surface area contributed by atoms with Gasteiger partial charge in [0.15, 0.2) is 6.23 Å². The van der Waals surface area contributed by atoms with Gasteiger partial charge in [0.1, 0.15) is 18.8 Å². The van der Waals surface area contributed by atoms with Crippen molar-refractivity contribution in [3.63, 3.8) is 0 Å². The molecule has 1 aromatic rings. The van der Waals surface area contributed by atoms with E-state index in [1.54, 1.807) is 6.92 Å². The average molecular weight is 452 g/mol. The standard InChI is InChI=1S/C14H17IN2O7/c1-6-4-17(14(21)16-12(6)20)13-10(15)11(23-8(3)19)9(24-13)5-22-7(2)18/h4,9-11,13H,5H2,1-3H3,(H,16,20,21)/t9-,10-,11+,13-/m1/s1. The molecular formula is C14H17IN2O7. The van der Waals surface area contributed by atoms with Crippen molar-refractivity contribution < 1.29 is 23.8 Å². The van der Waals surface area contributed by atoms with Crippen LogP contribution in [-0.4, -0.2) is 44.2 Å². The lowest BCUT2D eigenvalue weighted by atomic mass is 10.2. The van der Waals surface area contributed by atoms with Gasteiger partial charge in [0, 0.05) is 25.6 Å². The molecule has 0 saturated carbocycles. The Morgan fingerprint density at radius 3 is 2.58 bits per heavy atom. The number of carbonyl (C=O) groups excluding carboxylic acids is 2. The van der Waals surface area contributed by atoms with E-state index in [2.05, 4.69) is 4.98 Å². The number of hydrogen-bond acceptors (Lipinski definition) is 7. The third-order valence-electron chi connectivity index (χ3n) is 3.44. The molecule has 0 spiro atoms. The van der Waals surface area contributed by atoms with Crippen LogP contribution < -0.4 is 11.2 Å². The van der Waals surface area contributed by atoms with Gasteiger partial charge in [0.2, 0.25) is 0 Å². The number of rotatable bonds is 4. The van der Waals surface area contributed by atoms with Crippen LogP contribution in [0.5, 0.6) is 0 Å². The van der Waals surface area contributed by atoms with Crippen molar-refractivity contribution in [3.8, 4) is 0 Å². The molecule has 0 radical (unpaired) electrons. The summed E-state index contributed by atoms with van der Waals surface area (Å²) in [6, 6.07) is 0. The second kappa shape index (κ2) is 7.47. The van der Waals surface area contributed by atoms with Crippen LogP contribution in [-0.2, 0) is 23.8 Å². The summed E-state index contributed by atoms with van der Waals surface area (Å²) in [6.45, 7) is 3.96. The molecule has 0 bridgehead atoms. The van der Waals surface area contributed by atoms with Crippen molar-refractivity contribution in [1.29, 1.82) is 0 Å². The molecule has 0 aromatic carbocycles. The molecule has 1 fully saturated rings. The lowest BCUT2D eigenvalue weighted by Crippen LogP contribution is -2.37. The Hall–Kier alpha value is -1.69. The number of carbonyl (C=O) groups is 2. The topological polar surface area (TPSA) is 117 Å². The Morgan fingerprint density at radius 1 is 1.33 bits per heavy atom. The van der Waals surface area contributed by atoms with Crippen LogP contribution in [0.25, 0.3) is 0 Å². The molecule has 4 atom stereocenters. The number of hydrogen-bond donors (Lipinski definition) is 1. The van der Waals surface area contributed by atoms with E-state index in [1.165, 1.54) is 24.6 Å². The largest absolute Gasteiger partial charge is 0.463 e. The van der Waals surface area contributed by atoms with E-state index in [0.717, 1.165) is 0 Å². The molecule has 0 amide bonds. The van der Waals surface area contributed by atoms with Crippen LogP contribution in [0.15, 0.2) is 15.8 Å². The van der Waals surface area contributed by atoms with Crippen LogP contribution in [0.2, 0.25) is 0 Å². The average Bonchev–Trinajstić information content (AvgIpc) is 2.77. The summed E-state index contributed by atoms with van der Waals surface area (Å²) < 4.78 is 16.8. The van der Waals surface area contributed by atoms with E-state index in [1.807, 2.05) is 22.6 Å². The van der Waals surface area contributed by atoms with Crippen molar-refractivity contribution in [1.82, 2.24) is 9.55 Å². The molecule has 1 aliphatic rings. The van der Waals surface area contributed by atoms with Crippen LogP contribution in [0.3, 0.4) is 0 Å². The number of ether oxygens (including phenoxy) is 3. The van der Waals surface area contributed by atoms with Gasteiger partial charge in [0.25, 0.3) is 5.56 Å². The van der Waals surface area contributed by atoms with Gasteiger partial charge >= 0.3 is 17.6 Å². The highest BCUT2D eigenvalue weighted by atomic mass is 127. The van der Waals surface area contributed by atoms with Gasteiger partial charge in [0.05, 0.1) is 3.92 Å². The first kappa shape index (κ1) is 18.6. The highest BCUT2D eigenvalue weighted by Gasteiger charge is 2.47. The Morgan fingerprint density at radius 2 is 2.00 bits per heavy atom. The lowest BCUT2D eigenvalue weighted by molar-refractivity contribution is -0.155. The first-order valence-electron chi connectivity index (χ1n) is 7.13. The van der Waals surface area contributed by atoms with E-state index in [9.17, 15) is 19.2 Å². The molecule has 10 heteroatoms. The van der Waals surface area contributed by atoms with Crippen LogP contribution in [0, 0.1) is 6.92 Å². The third kappa shape index (κ3) is 4.04. The van der Waals surface area contributed by atoms with Crippen molar-refractivity contribution >= 4 is 34.5 Å². The van der Waals surface area contributed by atoms with Crippen LogP contribution in [0.4, 0.5) is 0 Å². The van der Waals surface area contributed by atoms with Crippen molar-refractivity contribution in [3.05, 3.63) is 32.6 Å². The number of halogens is 1. The van der Waals surface area contributed by atoms with Gasteiger partial charge in [-0.05, 0) is 6.92 Å². The van der Waals surface area contributed by atoms with Gasteiger partial charge < -0.3 is 14.2 Å². The second-order valence-corrected chi connectivity index (χ2v) is 6.80. The Balaban J connectivity index is 2.33. The minimum Gasteiger partial charge on any atom is -0.463 e. The fourth-order valence-corrected chi connectivity index (χ4v) is 3.49. The van der Waals surface area contributed by atoms with Gasteiger partial charge in [-0.15, -0.1) is 0 Å². The van der Waals surface area contributed by atoms with E-state index in [4.69, 9.17) is 14.2 Å². The fraction of sp³-hybridized carbons (Fsp3) is 0.571. The zero-order valence-electron chi connectivity index (χ0n) is 13.3. The smallest absolute Gasteiger partial charge is 0.330 e. The van der Waals surface area contributed by atoms with E-state index in [0.29, 0.717) is 5.56 Å². The maximum absolute atomic E-state index is 12.1. The molecule has 132 valence electrons. The monoisotopic (exact) mass is 452 g/mol. The first-order chi connectivity index (χ1) is 11.2. The van der Waals surface area contributed by atoms with Crippen molar-refractivity contribution in [2.45, 2.75) is 43.1 Å². The molecule has 0 aliphatic carbocycles. The molecule has 2 rings (SSSR count). The zero-order valence-corrected chi connectivity index (χ0v) is 15.4. The molecule has 1 aromatic heterocycles. The number of aromatic nitrogens is 2. The first-order valence-corrected chi connectivity index (χ1v) is 8.37. The summed E-state index contributed by atoms with van der Waals surface area (Å²) in [4.78, 5) is 48.1. The van der Waals surface area contributed by atoms with Crippen LogP contribution >= 0.6 is 22.6 Å². The lowest BCUT2D eigenvalue weighted by Gasteiger charge is -2.19. The maximum atomic E-state index is 12.1. The number of alkyl halides is 1. The predicted molar refractivity (Wildman–Crippen MR) is 90.0 cm³/mol. The molecule has 1 saturated heterocycles. The Labute approximate surface area is 150 Å². The summed E-state index contributed by atoms with van der Waals surface area (Å²) in [5.41, 5.74) is -0.770. The zero-order chi connectivity index (χ0) is 18.0. The molecule has 24 heavy (non-hydrogen) atoms. The van der Waals surface area contributed by atoms with E-state index >= 15 is 0 Å². The summed E-state index contributed by atoms with van der Waals surface area (Å²) >= 11 is 2.01. The molecule has 2 heterocycles. The van der Waals surface area contributed by atoms with Crippen LogP contribution in [0.1, 0.15) is 25.6 Å². The van der Waals surface area contributed by atoms with E-state index < -0.39 is 45.5 Å². The fourth-order valence-electron chi connectivity index (χ4n) is 2.36.